The lowest BCUT2D eigenvalue weighted by Gasteiger charge is -2.34. The number of ether oxygens (including phenoxy) is 4. The number of hydrogen-bond donors (Lipinski definition) is 0. The standard InChI is InChI=1S/C37H41NO4/c1-2-23-38-24-34(39-26-30-15-7-3-8-16-30)36(41-28-32-19-11-5-12-20-32)37(42-29-33-21-13-6-14-22-33)35(25-38)40-27-31-17-9-4-10-18-31/h2-22,34-37H,1,23-29H2/t34-,35-,36-,37-/m1/s1. The van der Waals surface area contributed by atoms with E-state index in [1.54, 1.807) is 0 Å². The minimum Gasteiger partial charge on any atom is -0.369 e. The molecule has 0 saturated carbocycles. The molecular weight excluding hydrogens is 522 g/mol. The fourth-order valence-corrected chi connectivity index (χ4v) is 5.33. The molecule has 1 saturated heterocycles. The van der Waals surface area contributed by atoms with E-state index >= 15 is 0 Å². The number of nitrogens with zero attached hydrogens (tertiary/aromatic N) is 1. The van der Waals surface area contributed by atoms with Gasteiger partial charge in [-0.2, -0.15) is 0 Å². The molecule has 4 atom stereocenters. The summed E-state index contributed by atoms with van der Waals surface area (Å²) < 4.78 is 26.9. The van der Waals surface area contributed by atoms with Crippen LogP contribution in [-0.4, -0.2) is 49.0 Å². The highest BCUT2D eigenvalue weighted by atomic mass is 16.6. The van der Waals surface area contributed by atoms with Crippen molar-refractivity contribution in [2.75, 3.05) is 19.6 Å². The van der Waals surface area contributed by atoms with E-state index in [0.717, 1.165) is 22.3 Å². The lowest BCUT2D eigenvalue weighted by Crippen LogP contribution is -2.49. The molecule has 4 aromatic rings. The first-order chi connectivity index (χ1) is 20.8. The van der Waals surface area contributed by atoms with E-state index in [1.807, 2.05) is 78.9 Å². The SMILES string of the molecule is C=CCN1C[C@@H](OCc2ccccc2)[C@@H](OCc2ccccc2)[C@H](OCc2ccccc2)[C@H](OCc2ccccc2)C1. The van der Waals surface area contributed by atoms with E-state index in [4.69, 9.17) is 18.9 Å². The summed E-state index contributed by atoms with van der Waals surface area (Å²) in [5.41, 5.74) is 4.46. The van der Waals surface area contributed by atoms with E-state index in [-0.39, 0.29) is 24.4 Å². The topological polar surface area (TPSA) is 40.2 Å². The molecule has 4 aromatic carbocycles. The minimum absolute atomic E-state index is 0.250. The average Bonchev–Trinajstić information content (AvgIpc) is 3.18. The minimum atomic E-state index is -0.367. The van der Waals surface area contributed by atoms with Gasteiger partial charge in [-0.15, -0.1) is 6.58 Å². The summed E-state index contributed by atoms with van der Waals surface area (Å²) in [7, 11) is 0. The highest BCUT2D eigenvalue weighted by Crippen LogP contribution is 2.27. The van der Waals surface area contributed by atoms with Crippen LogP contribution in [0.1, 0.15) is 22.3 Å². The van der Waals surface area contributed by atoms with Gasteiger partial charge < -0.3 is 18.9 Å². The van der Waals surface area contributed by atoms with Gasteiger partial charge in [-0.1, -0.05) is 127 Å². The number of rotatable bonds is 14. The van der Waals surface area contributed by atoms with Crippen LogP contribution < -0.4 is 0 Å². The highest BCUT2D eigenvalue weighted by molar-refractivity contribution is 5.16. The van der Waals surface area contributed by atoms with Crippen LogP contribution in [-0.2, 0) is 45.4 Å². The Balaban J connectivity index is 1.45. The van der Waals surface area contributed by atoms with E-state index in [1.165, 1.54) is 0 Å². The zero-order valence-electron chi connectivity index (χ0n) is 24.2. The largest absolute Gasteiger partial charge is 0.369 e. The molecule has 1 fully saturated rings. The van der Waals surface area contributed by atoms with Crippen molar-refractivity contribution >= 4 is 0 Å². The van der Waals surface area contributed by atoms with Crippen molar-refractivity contribution in [3.63, 3.8) is 0 Å². The monoisotopic (exact) mass is 563 g/mol. The second kappa shape index (κ2) is 16.2. The number of benzene rings is 4. The summed E-state index contributed by atoms with van der Waals surface area (Å²) in [5, 5.41) is 0. The molecule has 1 aliphatic heterocycles. The second-order valence-corrected chi connectivity index (χ2v) is 10.7. The Morgan fingerprint density at radius 2 is 0.810 bits per heavy atom. The maximum atomic E-state index is 6.78. The van der Waals surface area contributed by atoms with Gasteiger partial charge in [-0.25, -0.2) is 0 Å². The molecule has 1 heterocycles. The van der Waals surface area contributed by atoms with Gasteiger partial charge >= 0.3 is 0 Å². The third-order valence-corrected chi connectivity index (χ3v) is 7.50. The van der Waals surface area contributed by atoms with Gasteiger partial charge in [0.1, 0.15) is 12.2 Å². The predicted molar refractivity (Wildman–Crippen MR) is 167 cm³/mol. The van der Waals surface area contributed by atoms with Crippen LogP contribution in [0, 0.1) is 0 Å². The molecule has 5 nitrogen and oxygen atoms in total. The van der Waals surface area contributed by atoms with Crippen molar-refractivity contribution in [3.8, 4) is 0 Å². The normalized spacial score (nSPS) is 21.0. The molecule has 0 amide bonds. The molecule has 0 aromatic heterocycles. The van der Waals surface area contributed by atoms with Crippen molar-refractivity contribution in [1.29, 1.82) is 0 Å². The Morgan fingerprint density at radius 3 is 1.12 bits per heavy atom. The van der Waals surface area contributed by atoms with Crippen LogP contribution in [0.15, 0.2) is 134 Å². The fourth-order valence-electron chi connectivity index (χ4n) is 5.33. The van der Waals surface area contributed by atoms with Crippen molar-refractivity contribution in [2.45, 2.75) is 50.8 Å². The predicted octanol–water partition coefficient (Wildman–Crippen LogP) is 6.83. The van der Waals surface area contributed by atoms with Crippen molar-refractivity contribution in [2.24, 2.45) is 0 Å². The first-order valence-corrected chi connectivity index (χ1v) is 14.7. The molecule has 0 unspecified atom stereocenters. The van der Waals surface area contributed by atoms with Crippen molar-refractivity contribution < 1.29 is 18.9 Å². The van der Waals surface area contributed by atoms with E-state index in [9.17, 15) is 0 Å². The molecular formula is C37H41NO4. The Bertz CT molecular complexity index is 1200. The summed E-state index contributed by atoms with van der Waals surface area (Å²) in [4.78, 5) is 2.34. The molecule has 1 aliphatic rings. The third-order valence-electron chi connectivity index (χ3n) is 7.50. The van der Waals surface area contributed by atoms with Crippen LogP contribution >= 0.6 is 0 Å². The molecule has 0 aliphatic carbocycles. The van der Waals surface area contributed by atoms with E-state index in [0.29, 0.717) is 46.1 Å². The highest BCUT2D eigenvalue weighted by Gasteiger charge is 2.42. The van der Waals surface area contributed by atoms with E-state index in [2.05, 4.69) is 60.0 Å². The third kappa shape index (κ3) is 8.96. The molecule has 0 N–H and O–H groups in total. The summed E-state index contributed by atoms with van der Waals surface area (Å²) in [5.74, 6) is 0. The van der Waals surface area contributed by atoms with Gasteiger partial charge in [0.15, 0.2) is 0 Å². The van der Waals surface area contributed by atoms with Crippen LogP contribution in [0.4, 0.5) is 0 Å². The van der Waals surface area contributed by atoms with Gasteiger partial charge in [-0.3, -0.25) is 4.90 Å². The average molecular weight is 564 g/mol. The number of likely N-dealkylation sites (tertiary alicyclic amines) is 1. The number of hydrogen-bond acceptors (Lipinski definition) is 5. The molecule has 0 bridgehead atoms. The van der Waals surface area contributed by atoms with Crippen LogP contribution in [0.2, 0.25) is 0 Å². The van der Waals surface area contributed by atoms with Crippen molar-refractivity contribution in [3.05, 3.63) is 156 Å². The first-order valence-electron chi connectivity index (χ1n) is 14.7. The van der Waals surface area contributed by atoms with Crippen molar-refractivity contribution in [1.82, 2.24) is 4.90 Å². The quantitative estimate of drug-likeness (QED) is 0.157. The maximum absolute atomic E-state index is 6.78. The Morgan fingerprint density at radius 1 is 0.500 bits per heavy atom. The lowest BCUT2D eigenvalue weighted by molar-refractivity contribution is -0.179. The van der Waals surface area contributed by atoms with Gasteiger partial charge in [0.25, 0.3) is 0 Å². The Labute approximate surface area is 250 Å². The molecule has 42 heavy (non-hydrogen) atoms. The van der Waals surface area contributed by atoms with Gasteiger partial charge in [0, 0.05) is 19.6 Å². The summed E-state index contributed by atoms with van der Waals surface area (Å²) >= 11 is 0. The second-order valence-electron chi connectivity index (χ2n) is 10.7. The zero-order chi connectivity index (χ0) is 28.8. The summed E-state index contributed by atoms with van der Waals surface area (Å²) in [6.07, 6.45) is 0.703. The molecule has 218 valence electrons. The first kappa shape index (κ1) is 29.9. The summed E-state index contributed by atoms with van der Waals surface area (Å²) in [6.45, 7) is 7.97. The van der Waals surface area contributed by atoms with Crippen LogP contribution in [0.3, 0.4) is 0 Å². The summed E-state index contributed by atoms with van der Waals surface area (Å²) in [6, 6.07) is 41.1. The molecule has 0 radical (unpaired) electrons. The van der Waals surface area contributed by atoms with Gasteiger partial charge in [0.2, 0.25) is 0 Å². The smallest absolute Gasteiger partial charge is 0.114 e. The molecule has 0 spiro atoms. The van der Waals surface area contributed by atoms with Gasteiger partial charge in [-0.05, 0) is 22.3 Å². The Kier molecular flexibility index (Phi) is 11.5. The lowest BCUT2D eigenvalue weighted by atomic mass is 10.0. The molecule has 5 rings (SSSR count). The van der Waals surface area contributed by atoms with Crippen LogP contribution in [0.25, 0.3) is 0 Å². The van der Waals surface area contributed by atoms with Crippen LogP contribution in [0.5, 0.6) is 0 Å². The molecule has 5 heteroatoms. The van der Waals surface area contributed by atoms with E-state index < -0.39 is 0 Å². The van der Waals surface area contributed by atoms with Gasteiger partial charge in [0.05, 0.1) is 38.6 Å². The maximum Gasteiger partial charge on any atom is 0.114 e. The Hall–Kier alpha value is -3.58. The zero-order valence-corrected chi connectivity index (χ0v) is 24.2. The fraction of sp³-hybridized carbons (Fsp3) is 0.297.